The number of hydrogen-bond acceptors (Lipinski definition) is 3. The molecule has 3 N–H and O–H groups in total. The third-order valence-corrected chi connectivity index (χ3v) is 2.34. The molecule has 86 valence electrons. The molecule has 2 amide bonds. The number of carboxylic acids is 1. The first-order valence-corrected chi connectivity index (χ1v) is 5.10. The summed E-state index contributed by atoms with van der Waals surface area (Å²) in [4.78, 5) is 23.8. The van der Waals surface area contributed by atoms with Gasteiger partial charge in [-0.1, -0.05) is 0 Å². The molecule has 0 bridgehead atoms. The molecule has 15 heavy (non-hydrogen) atoms. The fraction of sp³-hybridized carbons (Fsp3) is 0.778. The number of carboxylic acid groups (broad SMARTS) is 1. The SMILES string of the molecule is C[C@H](NC(=O)N1CCCNCC1)C(=O)O. The van der Waals surface area contributed by atoms with E-state index >= 15 is 0 Å². The number of nitrogens with zero attached hydrogens (tertiary/aromatic N) is 1. The first-order valence-electron chi connectivity index (χ1n) is 5.10. The lowest BCUT2D eigenvalue weighted by molar-refractivity contribution is -0.138. The zero-order chi connectivity index (χ0) is 11.3. The van der Waals surface area contributed by atoms with Gasteiger partial charge in [-0.2, -0.15) is 0 Å². The van der Waals surface area contributed by atoms with Gasteiger partial charge in [0, 0.05) is 19.6 Å². The molecule has 0 aliphatic carbocycles. The van der Waals surface area contributed by atoms with Crippen LogP contribution in [0.15, 0.2) is 0 Å². The van der Waals surface area contributed by atoms with Gasteiger partial charge in [0.2, 0.25) is 0 Å². The Morgan fingerprint density at radius 2 is 2.13 bits per heavy atom. The zero-order valence-electron chi connectivity index (χ0n) is 8.82. The molecule has 0 spiro atoms. The van der Waals surface area contributed by atoms with Crippen molar-refractivity contribution >= 4 is 12.0 Å². The molecular formula is C9H17N3O3. The second kappa shape index (κ2) is 5.55. The third kappa shape index (κ3) is 3.75. The minimum atomic E-state index is -1.02. The molecule has 0 aromatic heterocycles. The van der Waals surface area contributed by atoms with Crippen LogP contribution in [0.25, 0.3) is 0 Å². The van der Waals surface area contributed by atoms with Crippen LogP contribution in [-0.2, 0) is 4.79 Å². The maximum atomic E-state index is 11.6. The topological polar surface area (TPSA) is 81.7 Å². The Bertz CT molecular complexity index is 237. The summed E-state index contributed by atoms with van der Waals surface area (Å²) in [7, 11) is 0. The summed E-state index contributed by atoms with van der Waals surface area (Å²) < 4.78 is 0. The van der Waals surface area contributed by atoms with Gasteiger partial charge in [-0.15, -0.1) is 0 Å². The lowest BCUT2D eigenvalue weighted by atomic mass is 10.3. The van der Waals surface area contributed by atoms with Crippen molar-refractivity contribution < 1.29 is 14.7 Å². The highest BCUT2D eigenvalue weighted by molar-refractivity contribution is 5.82. The van der Waals surface area contributed by atoms with Gasteiger partial charge in [-0.25, -0.2) is 4.79 Å². The van der Waals surface area contributed by atoms with Gasteiger partial charge in [0.05, 0.1) is 0 Å². The van der Waals surface area contributed by atoms with Crippen molar-refractivity contribution in [2.24, 2.45) is 0 Å². The van der Waals surface area contributed by atoms with Crippen LogP contribution < -0.4 is 10.6 Å². The Morgan fingerprint density at radius 3 is 2.80 bits per heavy atom. The van der Waals surface area contributed by atoms with E-state index in [9.17, 15) is 9.59 Å². The largest absolute Gasteiger partial charge is 0.480 e. The standard InChI is InChI=1S/C9H17N3O3/c1-7(8(13)14)11-9(15)12-5-2-3-10-4-6-12/h7,10H,2-6H2,1H3,(H,11,15)(H,13,14)/t7-/m0/s1. The number of hydrogen-bond donors (Lipinski definition) is 3. The Kier molecular flexibility index (Phi) is 4.36. The van der Waals surface area contributed by atoms with E-state index in [2.05, 4.69) is 10.6 Å². The first-order chi connectivity index (χ1) is 7.11. The van der Waals surface area contributed by atoms with E-state index in [0.717, 1.165) is 19.5 Å². The van der Waals surface area contributed by atoms with Crippen LogP contribution in [0.4, 0.5) is 4.79 Å². The van der Waals surface area contributed by atoms with Gasteiger partial charge >= 0.3 is 12.0 Å². The monoisotopic (exact) mass is 215 g/mol. The summed E-state index contributed by atoms with van der Waals surface area (Å²) in [6.45, 7) is 4.41. The minimum absolute atomic E-state index is 0.298. The first kappa shape index (κ1) is 11.8. The highest BCUT2D eigenvalue weighted by Gasteiger charge is 2.19. The highest BCUT2D eigenvalue weighted by atomic mass is 16.4. The molecule has 1 rings (SSSR count). The normalized spacial score (nSPS) is 19.1. The zero-order valence-corrected chi connectivity index (χ0v) is 8.82. The Morgan fingerprint density at radius 1 is 1.40 bits per heavy atom. The van der Waals surface area contributed by atoms with E-state index in [0.29, 0.717) is 13.1 Å². The van der Waals surface area contributed by atoms with Gasteiger partial charge in [0.1, 0.15) is 6.04 Å². The molecule has 6 heteroatoms. The van der Waals surface area contributed by atoms with Crippen LogP contribution in [-0.4, -0.2) is 54.2 Å². The highest BCUT2D eigenvalue weighted by Crippen LogP contribution is 1.96. The van der Waals surface area contributed by atoms with Crippen LogP contribution in [0.1, 0.15) is 13.3 Å². The quantitative estimate of drug-likeness (QED) is 0.578. The number of carbonyl (C=O) groups is 2. The second-order valence-corrected chi connectivity index (χ2v) is 3.60. The predicted molar refractivity (Wildman–Crippen MR) is 54.7 cm³/mol. The van der Waals surface area contributed by atoms with Crippen LogP contribution >= 0.6 is 0 Å². The molecule has 1 heterocycles. The Balaban J connectivity index is 2.41. The number of aliphatic carboxylic acids is 1. The van der Waals surface area contributed by atoms with Gasteiger partial charge in [-0.05, 0) is 19.9 Å². The Hall–Kier alpha value is -1.30. The van der Waals surface area contributed by atoms with E-state index < -0.39 is 12.0 Å². The molecule has 0 aromatic carbocycles. The number of amides is 2. The number of carbonyl (C=O) groups excluding carboxylic acids is 1. The van der Waals surface area contributed by atoms with Crippen LogP contribution in [0.3, 0.4) is 0 Å². The average Bonchev–Trinajstić information content (AvgIpc) is 2.45. The molecule has 1 saturated heterocycles. The van der Waals surface area contributed by atoms with Gasteiger partial charge < -0.3 is 20.6 Å². The molecule has 0 saturated carbocycles. The molecule has 0 radical (unpaired) electrons. The van der Waals surface area contributed by atoms with Crippen molar-refractivity contribution in [3.63, 3.8) is 0 Å². The van der Waals surface area contributed by atoms with Crippen molar-refractivity contribution in [3.8, 4) is 0 Å². The predicted octanol–water partition coefficient (Wildman–Crippen LogP) is -0.536. The van der Waals surface area contributed by atoms with Gasteiger partial charge in [0.15, 0.2) is 0 Å². The molecule has 1 aliphatic heterocycles. The molecule has 1 atom stereocenters. The molecule has 6 nitrogen and oxygen atoms in total. The fourth-order valence-electron chi connectivity index (χ4n) is 1.39. The molecular weight excluding hydrogens is 198 g/mol. The van der Waals surface area contributed by atoms with Crippen molar-refractivity contribution in [2.75, 3.05) is 26.2 Å². The second-order valence-electron chi connectivity index (χ2n) is 3.60. The molecule has 1 fully saturated rings. The van der Waals surface area contributed by atoms with Crippen LogP contribution in [0, 0.1) is 0 Å². The van der Waals surface area contributed by atoms with Crippen molar-refractivity contribution in [3.05, 3.63) is 0 Å². The lowest BCUT2D eigenvalue weighted by Gasteiger charge is -2.21. The molecule has 1 aliphatic rings. The van der Waals surface area contributed by atoms with E-state index in [1.165, 1.54) is 6.92 Å². The minimum Gasteiger partial charge on any atom is -0.480 e. The summed E-state index contributed by atoms with van der Waals surface area (Å²) in [5.41, 5.74) is 0. The average molecular weight is 215 g/mol. The van der Waals surface area contributed by atoms with Crippen LogP contribution in [0.2, 0.25) is 0 Å². The number of urea groups is 1. The smallest absolute Gasteiger partial charge is 0.325 e. The maximum Gasteiger partial charge on any atom is 0.325 e. The van der Waals surface area contributed by atoms with E-state index in [-0.39, 0.29) is 6.03 Å². The lowest BCUT2D eigenvalue weighted by Crippen LogP contribution is -2.47. The van der Waals surface area contributed by atoms with E-state index in [4.69, 9.17) is 5.11 Å². The summed E-state index contributed by atoms with van der Waals surface area (Å²) in [6.07, 6.45) is 0.898. The van der Waals surface area contributed by atoms with Crippen molar-refractivity contribution in [2.45, 2.75) is 19.4 Å². The third-order valence-electron chi connectivity index (χ3n) is 2.34. The summed E-state index contributed by atoms with van der Waals surface area (Å²) in [6, 6.07) is -1.14. The summed E-state index contributed by atoms with van der Waals surface area (Å²) >= 11 is 0. The fourth-order valence-corrected chi connectivity index (χ4v) is 1.39. The number of nitrogens with one attached hydrogen (secondary N) is 2. The Labute approximate surface area is 88.6 Å². The summed E-state index contributed by atoms with van der Waals surface area (Å²) in [5.74, 6) is -1.02. The van der Waals surface area contributed by atoms with Crippen molar-refractivity contribution in [1.29, 1.82) is 0 Å². The summed E-state index contributed by atoms with van der Waals surface area (Å²) in [5, 5.41) is 14.2. The molecule has 0 unspecified atom stereocenters. The van der Waals surface area contributed by atoms with E-state index in [1.807, 2.05) is 0 Å². The maximum absolute atomic E-state index is 11.6. The van der Waals surface area contributed by atoms with Gasteiger partial charge in [-0.3, -0.25) is 4.79 Å². The van der Waals surface area contributed by atoms with E-state index in [1.54, 1.807) is 4.90 Å². The van der Waals surface area contributed by atoms with Crippen LogP contribution in [0.5, 0.6) is 0 Å². The number of rotatable bonds is 2. The van der Waals surface area contributed by atoms with Gasteiger partial charge in [0.25, 0.3) is 0 Å². The van der Waals surface area contributed by atoms with Crippen molar-refractivity contribution in [1.82, 2.24) is 15.5 Å². The molecule has 0 aromatic rings.